The molecule has 1 amide bonds. The molecule has 0 bridgehead atoms. The summed E-state index contributed by atoms with van der Waals surface area (Å²) in [4.78, 5) is 12.1. The van der Waals surface area contributed by atoms with E-state index in [1.165, 1.54) is 0 Å². The van der Waals surface area contributed by atoms with Crippen molar-refractivity contribution in [3.05, 3.63) is 59.7 Å². The van der Waals surface area contributed by atoms with Crippen LogP contribution >= 0.6 is 0 Å². The van der Waals surface area contributed by atoms with Gasteiger partial charge in [0.1, 0.15) is 11.5 Å². The number of hydrogen-bond donors (Lipinski definition) is 1. The average molecular weight is 324 g/mol. The number of amides is 1. The molecule has 0 aliphatic heterocycles. The molecular weight excluding hydrogens is 304 g/mol. The molecule has 0 fully saturated rings. The summed E-state index contributed by atoms with van der Waals surface area (Å²) in [5.74, 6) is 1.13. The summed E-state index contributed by atoms with van der Waals surface area (Å²) < 4.78 is 10.7. The number of carbonyl (C=O) groups excluding carboxylic acids is 1. The average Bonchev–Trinajstić information content (AvgIpc) is 2.62. The van der Waals surface area contributed by atoms with E-state index in [9.17, 15) is 4.79 Å². The normalized spacial score (nSPS) is 11.2. The lowest BCUT2D eigenvalue weighted by atomic mass is 10.1. The molecule has 5 heteroatoms. The molecule has 1 atom stereocenters. The van der Waals surface area contributed by atoms with E-state index in [2.05, 4.69) is 5.32 Å². The Morgan fingerprint density at radius 2 is 1.96 bits per heavy atom. The van der Waals surface area contributed by atoms with E-state index < -0.39 is 6.10 Å². The third-order valence-electron chi connectivity index (χ3n) is 3.52. The van der Waals surface area contributed by atoms with Crippen LogP contribution in [0, 0.1) is 11.3 Å². The first-order valence-corrected chi connectivity index (χ1v) is 7.70. The standard InChI is InChI=1S/C19H20N2O3/c1-14(24-18-5-3-4-16(12-18)13-20)19(22)21-11-10-15-6-8-17(23-2)9-7-15/h3-9,12,14H,10-11H2,1-2H3,(H,21,22). The first-order valence-electron chi connectivity index (χ1n) is 7.70. The summed E-state index contributed by atoms with van der Waals surface area (Å²) in [5, 5.41) is 11.7. The van der Waals surface area contributed by atoms with Crippen LogP contribution in [-0.4, -0.2) is 25.7 Å². The summed E-state index contributed by atoms with van der Waals surface area (Å²) in [7, 11) is 1.63. The molecule has 0 aliphatic carbocycles. The number of nitrogens with zero attached hydrogens (tertiary/aromatic N) is 1. The van der Waals surface area contributed by atoms with Gasteiger partial charge in [-0.25, -0.2) is 0 Å². The molecule has 0 aromatic heterocycles. The predicted molar refractivity (Wildman–Crippen MR) is 91.0 cm³/mol. The number of benzene rings is 2. The lowest BCUT2D eigenvalue weighted by molar-refractivity contribution is -0.127. The Morgan fingerprint density at radius 3 is 2.62 bits per heavy atom. The van der Waals surface area contributed by atoms with Gasteiger partial charge in [-0.2, -0.15) is 5.26 Å². The van der Waals surface area contributed by atoms with E-state index >= 15 is 0 Å². The molecular formula is C19H20N2O3. The van der Waals surface area contributed by atoms with Crippen molar-refractivity contribution in [2.75, 3.05) is 13.7 Å². The zero-order valence-corrected chi connectivity index (χ0v) is 13.8. The minimum absolute atomic E-state index is 0.189. The fourth-order valence-electron chi connectivity index (χ4n) is 2.16. The SMILES string of the molecule is COc1ccc(CCNC(=O)C(C)Oc2cccc(C#N)c2)cc1. The van der Waals surface area contributed by atoms with Crippen LogP contribution in [0.5, 0.6) is 11.5 Å². The van der Waals surface area contributed by atoms with E-state index in [-0.39, 0.29) is 5.91 Å². The fraction of sp³-hybridized carbons (Fsp3) is 0.263. The number of ether oxygens (including phenoxy) is 2. The van der Waals surface area contributed by atoms with Crippen LogP contribution in [0.2, 0.25) is 0 Å². The topological polar surface area (TPSA) is 71.3 Å². The van der Waals surface area contributed by atoms with E-state index in [0.29, 0.717) is 17.9 Å². The summed E-state index contributed by atoms with van der Waals surface area (Å²) in [6.07, 6.45) is 0.0987. The zero-order chi connectivity index (χ0) is 17.4. The molecule has 2 aromatic rings. The number of rotatable bonds is 7. The molecule has 5 nitrogen and oxygen atoms in total. The molecule has 0 radical (unpaired) electrons. The van der Waals surface area contributed by atoms with Crippen molar-refractivity contribution < 1.29 is 14.3 Å². The number of nitrogens with one attached hydrogen (secondary N) is 1. The molecule has 124 valence electrons. The largest absolute Gasteiger partial charge is 0.497 e. The minimum Gasteiger partial charge on any atom is -0.497 e. The Balaban J connectivity index is 1.79. The van der Waals surface area contributed by atoms with Gasteiger partial charge in [0, 0.05) is 6.54 Å². The molecule has 2 aromatic carbocycles. The first-order chi connectivity index (χ1) is 11.6. The highest BCUT2D eigenvalue weighted by molar-refractivity contribution is 5.80. The van der Waals surface area contributed by atoms with Gasteiger partial charge in [0.25, 0.3) is 5.91 Å². The smallest absolute Gasteiger partial charge is 0.260 e. The Bertz CT molecular complexity index is 720. The van der Waals surface area contributed by atoms with E-state index in [1.54, 1.807) is 38.3 Å². The van der Waals surface area contributed by atoms with Crippen LogP contribution in [0.4, 0.5) is 0 Å². The fourth-order valence-corrected chi connectivity index (χ4v) is 2.16. The van der Waals surface area contributed by atoms with Crippen molar-refractivity contribution in [1.82, 2.24) is 5.32 Å². The van der Waals surface area contributed by atoms with Crippen molar-refractivity contribution in [2.45, 2.75) is 19.4 Å². The molecule has 0 saturated carbocycles. The zero-order valence-electron chi connectivity index (χ0n) is 13.8. The van der Waals surface area contributed by atoms with Gasteiger partial charge in [-0.3, -0.25) is 4.79 Å². The van der Waals surface area contributed by atoms with Crippen molar-refractivity contribution in [1.29, 1.82) is 5.26 Å². The maximum Gasteiger partial charge on any atom is 0.260 e. The van der Waals surface area contributed by atoms with Gasteiger partial charge in [0.05, 0.1) is 18.7 Å². The lowest BCUT2D eigenvalue weighted by Gasteiger charge is -2.15. The van der Waals surface area contributed by atoms with Crippen LogP contribution in [0.1, 0.15) is 18.1 Å². The highest BCUT2D eigenvalue weighted by atomic mass is 16.5. The second kappa shape index (κ2) is 8.59. The Morgan fingerprint density at radius 1 is 1.21 bits per heavy atom. The van der Waals surface area contributed by atoms with Crippen molar-refractivity contribution in [3.63, 3.8) is 0 Å². The van der Waals surface area contributed by atoms with E-state index in [4.69, 9.17) is 14.7 Å². The minimum atomic E-state index is -0.630. The van der Waals surface area contributed by atoms with Crippen LogP contribution in [0.15, 0.2) is 48.5 Å². The number of hydrogen-bond acceptors (Lipinski definition) is 4. The van der Waals surface area contributed by atoms with Crippen LogP contribution < -0.4 is 14.8 Å². The number of nitriles is 1. The Hall–Kier alpha value is -3.00. The highest BCUT2D eigenvalue weighted by Crippen LogP contribution is 2.14. The second-order valence-corrected chi connectivity index (χ2v) is 5.29. The van der Waals surface area contributed by atoms with Crippen molar-refractivity contribution in [2.24, 2.45) is 0 Å². The second-order valence-electron chi connectivity index (χ2n) is 5.29. The van der Waals surface area contributed by atoms with E-state index in [0.717, 1.165) is 17.7 Å². The van der Waals surface area contributed by atoms with E-state index in [1.807, 2.05) is 30.3 Å². The van der Waals surface area contributed by atoms with Gasteiger partial charge in [0.15, 0.2) is 6.10 Å². The number of methoxy groups -OCH3 is 1. The summed E-state index contributed by atoms with van der Waals surface area (Å²) in [6.45, 7) is 2.21. The van der Waals surface area contributed by atoms with Gasteiger partial charge < -0.3 is 14.8 Å². The Kier molecular flexibility index (Phi) is 6.21. The molecule has 0 aliphatic rings. The lowest BCUT2D eigenvalue weighted by Crippen LogP contribution is -2.37. The molecule has 0 heterocycles. The maximum absolute atomic E-state index is 12.1. The quantitative estimate of drug-likeness (QED) is 0.850. The third-order valence-corrected chi connectivity index (χ3v) is 3.52. The van der Waals surface area contributed by atoms with Gasteiger partial charge in [-0.15, -0.1) is 0 Å². The van der Waals surface area contributed by atoms with Crippen LogP contribution in [-0.2, 0) is 11.2 Å². The Labute approximate surface area is 141 Å². The maximum atomic E-state index is 12.1. The number of carbonyl (C=O) groups is 1. The molecule has 0 saturated heterocycles. The summed E-state index contributed by atoms with van der Waals surface area (Å²) >= 11 is 0. The third kappa shape index (κ3) is 5.03. The highest BCUT2D eigenvalue weighted by Gasteiger charge is 2.14. The summed E-state index contributed by atoms with van der Waals surface area (Å²) in [5.41, 5.74) is 1.62. The van der Waals surface area contributed by atoms with Gasteiger partial charge in [-0.05, 0) is 49.2 Å². The summed E-state index contributed by atoms with van der Waals surface area (Å²) in [6, 6.07) is 16.5. The predicted octanol–water partition coefficient (Wildman–Crippen LogP) is 2.69. The van der Waals surface area contributed by atoms with Crippen LogP contribution in [0.25, 0.3) is 0 Å². The molecule has 0 spiro atoms. The molecule has 1 unspecified atom stereocenters. The molecule has 1 N–H and O–H groups in total. The van der Waals surface area contributed by atoms with Crippen molar-refractivity contribution in [3.8, 4) is 17.6 Å². The van der Waals surface area contributed by atoms with Gasteiger partial charge in [0.2, 0.25) is 0 Å². The first kappa shape index (κ1) is 17.4. The van der Waals surface area contributed by atoms with Crippen molar-refractivity contribution >= 4 is 5.91 Å². The van der Waals surface area contributed by atoms with Gasteiger partial charge >= 0.3 is 0 Å². The monoisotopic (exact) mass is 324 g/mol. The molecule has 2 rings (SSSR count). The van der Waals surface area contributed by atoms with Crippen LogP contribution in [0.3, 0.4) is 0 Å². The van der Waals surface area contributed by atoms with Gasteiger partial charge in [-0.1, -0.05) is 18.2 Å². The molecule has 24 heavy (non-hydrogen) atoms.